The van der Waals surface area contributed by atoms with E-state index in [1.54, 1.807) is 6.07 Å². The summed E-state index contributed by atoms with van der Waals surface area (Å²) in [4.78, 5) is 28.5. The largest absolute Gasteiger partial charge is 0.416 e. The van der Waals surface area contributed by atoms with Crippen LogP contribution in [0, 0.1) is 0 Å². The number of carbonyl (C=O) groups is 2. The minimum absolute atomic E-state index is 0.0310. The molecule has 2 aliphatic carbocycles. The molecule has 28 heavy (non-hydrogen) atoms. The van der Waals surface area contributed by atoms with Gasteiger partial charge in [0.05, 0.1) is 12.2 Å². The average Bonchev–Trinajstić information content (AvgIpc) is 3.47. The van der Waals surface area contributed by atoms with Crippen LogP contribution in [0.1, 0.15) is 56.1 Å². The van der Waals surface area contributed by atoms with E-state index in [9.17, 15) is 22.8 Å². The number of halogens is 3. The van der Waals surface area contributed by atoms with Crippen molar-refractivity contribution >= 4 is 11.9 Å². The lowest BCUT2D eigenvalue weighted by Gasteiger charge is -2.31. The predicted molar refractivity (Wildman–Crippen MR) is 96.1 cm³/mol. The maximum Gasteiger partial charge on any atom is 0.416 e. The van der Waals surface area contributed by atoms with Crippen LogP contribution in [0.4, 0.5) is 18.0 Å². The van der Waals surface area contributed by atoms with Crippen LogP contribution >= 0.6 is 0 Å². The van der Waals surface area contributed by atoms with Gasteiger partial charge in [0.2, 0.25) is 0 Å². The van der Waals surface area contributed by atoms with Crippen LogP contribution in [0.3, 0.4) is 0 Å². The SMILES string of the molecule is O=C1NC2(CCCCC2)C(=O)N1CN(Cc1ccccc1C(F)(F)F)C1CC1. The maximum atomic E-state index is 13.3. The molecule has 1 saturated heterocycles. The van der Waals surface area contributed by atoms with Gasteiger partial charge in [-0.05, 0) is 37.3 Å². The number of amides is 3. The van der Waals surface area contributed by atoms with Crippen LogP contribution in [0.25, 0.3) is 0 Å². The molecule has 2 saturated carbocycles. The van der Waals surface area contributed by atoms with E-state index < -0.39 is 23.3 Å². The number of hydrogen-bond acceptors (Lipinski definition) is 3. The summed E-state index contributed by atoms with van der Waals surface area (Å²) in [5.41, 5.74) is -1.31. The first kappa shape index (κ1) is 19.2. The highest BCUT2D eigenvalue weighted by atomic mass is 19.4. The van der Waals surface area contributed by atoms with E-state index in [1.165, 1.54) is 17.0 Å². The minimum Gasteiger partial charge on any atom is -0.323 e. The second-order valence-corrected chi connectivity index (χ2v) is 8.08. The molecule has 152 valence electrons. The van der Waals surface area contributed by atoms with Crippen molar-refractivity contribution in [2.45, 2.75) is 69.2 Å². The Morgan fingerprint density at radius 3 is 2.43 bits per heavy atom. The third-order valence-corrected chi connectivity index (χ3v) is 6.04. The maximum absolute atomic E-state index is 13.3. The highest BCUT2D eigenvalue weighted by Crippen LogP contribution is 2.37. The first-order valence-electron chi connectivity index (χ1n) is 9.83. The minimum atomic E-state index is -4.43. The first-order valence-corrected chi connectivity index (χ1v) is 9.83. The number of urea groups is 1. The van der Waals surface area contributed by atoms with E-state index in [0.717, 1.165) is 38.2 Å². The number of nitrogens with zero attached hydrogens (tertiary/aromatic N) is 2. The Labute approximate surface area is 161 Å². The number of benzene rings is 1. The van der Waals surface area contributed by atoms with Crippen molar-refractivity contribution in [2.24, 2.45) is 0 Å². The summed E-state index contributed by atoms with van der Waals surface area (Å²) in [6, 6.07) is 5.17. The zero-order valence-electron chi connectivity index (χ0n) is 15.6. The van der Waals surface area contributed by atoms with Gasteiger partial charge in [0.25, 0.3) is 5.91 Å². The van der Waals surface area contributed by atoms with Gasteiger partial charge in [0.15, 0.2) is 0 Å². The van der Waals surface area contributed by atoms with E-state index in [4.69, 9.17) is 0 Å². The molecule has 4 rings (SSSR count). The lowest BCUT2D eigenvalue weighted by atomic mass is 9.82. The fourth-order valence-electron chi connectivity index (χ4n) is 4.37. The van der Waals surface area contributed by atoms with Gasteiger partial charge in [-0.1, -0.05) is 37.5 Å². The molecule has 0 unspecified atom stereocenters. The molecule has 1 heterocycles. The normalized spacial score (nSPS) is 22.2. The van der Waals surface area contributed by atoms with Gasteiger partial charge in [0.1, 0.15) is 5.54 Å². The fourth-order valence-corrected chi connectivity index (χ4v) is 4.37. The standard InChI is InChI=1S/C20H24F3N3O2/c21-20(22,23)16-7-3-2-6-14(16)12-25(15-8-9-15)13-26-17(27)19(24-18(26)28)10-4-1-5-11-19/h2-3,6-7,15H,1,4-5,8-13H2,(H,24,28). The highest BCUT2D eigenvalue weighted by Gasteiger charge is 2.52. The summed E-state index contributed by atoms with van der Waals surface area (Å²) in [6.45, 7) is 0.0910. The molecule has 0 aromatic heterocycles. The smallest absolute Gasteiger partial charge is 0.323 e. The Kier molecular flexibility index (Phi) is 4.85. The molecule has 0 bridgehead atoms. The van der Waals surface area contributed by atoms with Crippen molar-refractivity contribution in [3.63, 3.8) is 0 Å². The molecule has 3 aliphatic rings. The van der Waals surface area contributed by atoms with Gasteiger partial charge in [-0.15, -0.1) is 0 Å². The van der Waals surface area contributed by atoms with E-state index in [0.29, 0.717) is 12.8 Å². The molecule has 0 atom stereocenters. The molecule has 0 radical (unpaired) electrons. The summed E-state index contributed by atoms with van der Waals surface area (Å²) in [5.74, 6) is -0.230. The second kappa shape index (κ2) is 7.06. The van der Waals surface area contributed by atoms with Crippen LogP contribution in [0.2, 0.25) is 0 Å². The van der Waals surface area contributed by atoms with Crippen LogP contribution in [0.5, 0.6) is 0 Å². The van der Waals surface area contributed by atoms with E-state index in [1.807, 2.05) is 4.90 Å². The summed E-state index contributed by atoms with van der Waals surface area (Å²) in [7, 11) is 0. The van der Waals surface area contributed by atoms with E-state index in [2.05, 4.69) is 5.32 Å². The summed E-state index contributed by atoms with van der Waals surface area (Å²) in [5, 5.41) is 2.86. The molecule has 5 nitrogen and oxygen atoms in total. The van der Waals surface area contributed by atoms with Crippen LogP contribution in [-0.4, -0.2) is 40.0 Å². The molecule has 3 amide bonds. The number of alkyl halides is 3. The zero-order valence-corrected chi connectivity index (χ0v) is 15.6. The zero-order chi connectivity index (χ0) is 19.9. The van der Waals surface area contributed by atoms with Gasteiger partial charge < -0.3 is 5.32 Å². The van der Waals surface area contributed by atoms with Gasteiger partial charge >= 0.3 is 12.2 Å². The molecule has 1 aromatic carbocycles. The quantitative estimate of drug-likeness (QED) is 0.770. The molecule has 8 heteroatoms. The van der Waals surface area contributed by atoms with Gasteiger partial charge in [-0.25, -0.2) is 9.69 Å². The second-order valence-electron chi connectivity index (χ2n) is 8.08. The number of rotatable bonds is 5. The lowest BCUT2D eigenvalue weighted by molar-refractivity contribution is -0.139. The summed E-state index contributed by atoms with van der Waals surface area (Å²) in [6.07, 6.45) is 1.40. The Morgan fingerprint density at radius 2 is 1.79 bits per heavy atom. The average molecular weight is 395 g/mol. The number of hydrogen-bond donors (Lipinski definition) is 1. The third-order valence-electron chi connectivity index (χ3n) is 6.04. The van der Waals surface area contributed by atoms with Crippen molar-refractivity contribution in [1.82, 2.24) is 15.1 Å². The highest BCUT2D eigenvalue weighted by molar-refractivity contribution is 6.07. The van der Waals surface area contributed by atoms with Crippen molar-refractivity contribution in [3.05, 3.63) is 35.4 Å². The van der Waals surface area contributed by atoms with Gasteiger partial charge in [-0.3, -0.25) is 9.69 Å². The molecule has 1 aromatic rings. The van der Waals surface area contributed by atoms with E-state index in [-0.39, 0.29) is 30.7 Å². The summed E-state index contributed by atoms with van der Waals surface area (Å²) < 4.78 is 40.0. The van der Waals surface area contributed by atoms with Crippen molar-refractivity contribution in [1.29, 1.82) is 0 Å². The molecule has 1 N–H and O–H groups in total. The molecular formula is C20H24F3N3O2. The summed E-state index contributed by atoms with van der Waals surface area (Å²) >= 11 is 0. The van der Waals surface area contributed by atoms with Crippen LogP contribution < -0.4 is 5.32 Å². The number of nitrogens with one attached hydrogen (secondary N) is 1. The topological polar surface area (TPSA) is 52.7 Å². The van der Waals surface area contributed by atoms with Crippen LogP contribution in [-0.2, 0) is 17.5 Å². The van der Waals surface area contributed by atoms with Crippen molar-refractivity contribution in [3.8, 4) is 0 Å². The monoisotopic (exact) mass is 395 g/mol. The van der Waals surface area contributed by atoms with Crippen LogP contribution in [0.15, 0.2) is 24.3 Å². The lowest BCUT2D eigenvalue weighted by Crippen LogP contribution is -2.49. The molecule has 3 fully saturated rings. The Hall–Kier alpha value is -2.09. The van der Waals surface area contributed by atoms with Crippen molar-refractivity contribution < 1.29 is 22.8 Å². The molecule has 1 aliphatic heterocycles. The first-order chi connectivity index (χ1) is 13.3. The number of imide groups is 1. The molecular weight excluding hydrogens is 371 g/mol. The fraction of sp³-hybridized carbons (Fsp3) is 0.600. The number of carbonyl (C=O) groups excluding carboxylic acids is 2. The van der Waals surface area contributed by atoms with Gasteiger partial charge in [-0.2, -0.15) is 13.2 Å². The Balaban J connectivity index is 1.53. The Bertz CT molecular complexity index is 770. The third kappa shape index (κ3) is 3.62. The van der Waals surface area contributed by atoms with Gasteiger partial charge in [0, 0.05) is 12.6 Å². The predicted octanol–water partition coefficient (Wildman–Crippen LogP) is 3.88. The van der Waals surface area contributed by atoms with E-state index >= 15 is 0 Å². The Morgan fingerprint density at radius 1 is 1.11 bits per heavy atom. The molecule has 1 spiro atoms. The van der Waals surface area contributed by atoms with Crippen molar-refractivity contribution in [2.75, 3.05) is 6.67 Å².